The molecule has 0 saturated carbocycles. The number of nitrogens with zero attached hydrogens (tertiary/aromatic N) is 4. The van der Waals surface area contributed by atoms with Crippen molar-refractivity contribution < 1.29 is 14.0 Å². The highest BCUT2D eigenvalue weighted by molar-refractivity contribution is 9.10. The van der Waals surface area contributed by atoms with Crippen LogP contribution >= 0.6 is 62.3 Å². The molecule has 2 aliphatic heterocycles. The number of hydrogen-bond donors (Lipinski definition) is 2. The lowest BCUT2D eigenvalue weighted by atomic mass is 10.0. The summed E-state index contributed by atoms with van der Waals surface area (Å²) in [6.45, 7) is 3.15. The standard InChI is InChI=1S/C21H18BrCl2N3O.C21H18Cl2FN3O/c22-14-4-5-16-13(12-14)6-9-25-20(16)27-10-7-15(8-11-27)26-21(28)17-2-1-3-18(23)19(17)24;22-18-3-1-2-17(19(18)23)21(28)26-15-7-10-27(11-8-15)20-16-5-4-14(24)12-13(16)6-9-25-20/h2*1-6,9,12,15H,7-8,10-11H2,(H,26,28). The van der Waals surface area contributed by atoms with Gasteiger partial charge in [0.1, 0.15) is 17.5 Å². The van der Waals surface area contributed by atoms with Gasteiger partial charge in [-0.1, -0.05) is 74.5 Å². The highest BCUT2D eigenvalue weighted by Crippen LogP contribution is 2.31. The van der Waals surface area contributed by atoms with Crippen molar-refractivity contribution in [2.24, 2.45) is 0 Å². The third-order valence-corrected chi connectivity index (χ3v) is 12.2. The molecule has 4 heterocycles. The van der Waals surface area contributed by atoms with Crippen molar-refractivity contribution in [1.29, 1.82) is 0 Å². The first kappa shape index (κ1) is 40.0. The maximum Gasteiger partial charge on any atom is 0.253 e. The van der Waals surface area contributed by atoms with Crippen LogP contribution in [0.2, 0.25) is 20.1 Å². The van der Waals surface area contributed by atoms with E-state index in [0.717, 1.165) is 89.5 Å². The number of rotatable bonds is 6. The van der Waals surface area contributed by atoms with Gasteiger partial charge in [0.25, 0.3) is 11.8 Å². The molecule has 288 valence electrons. The molecule has 2 saturated heterocycles. The average molecular weight is 898 g/mol. The number of piperidine rings is 2. The largest absolute Gasteiger partial charge is 0.356 e. The lowest BCUT2D eigenvalue weighted by molar-refractivity contribution is 0.0922. The van der Waals surface area contributed by atoms with E-state index in [-0.39, 0.29) is 34.7 Å². The van der Waals surface area contributed by atoms with E-state index in [1.54, 1.807) is 48.7 Å². The number of pyridine rings is 2. The molecule has 14 heteroatoms. The van der Waals surface area contributed by atoms with Crippen molar-refractivity contribution in [3.8, 4) is 0 Å². The minimum Gasteiger partial charge on any atom is -0.356 e. The zero-order valence-corrected chi connectivity index (χ0v) is 34.5. The van der Waals surface area contributed by atoms with Gasteiger partial charge < -0.3 is 20.4 Å². The van der Waals surface area contributed by atoms with Gasteiger partial charge >= 0.3 is 0 Å². The maximum absolute atomic E-state index is 13.5. The summed E-state index contributed by atoms with van der Waals surface area (Å²) < 4.78 is 14.5. The van der Waals surface area contributed by atoms with Crippen LogP contribution in [-0.4, -0.2) is 60.0 Å². The van der Waals surface area contributed by atoms with Gasteiger partial charge in [0.2, 0.25) is 0 Å². The van der Waals surface area contributed by atoms with Crippen molar-refractivity contribution in [2.75, 3.05) is 36.0 Å². The molecule has 8 rings (SSSR count). The smallest absolute Gasteiger partial charge is 0.253 e. The summed E-state index contributed by atoms with van der Waals surface area (Å²) in [5, 5.41) is 11.5. The Hall–Kier alpha value is -4.19. The second-order valence-corrected chi connectivity index (χ2v) is 16.2. The van der Waals surface area contributed by atoms with Crippen LogP contribution in [0.3, 0.4) is 0 Å². The summed E-state index contributed by atoms with van der Waals surface area (Å²) in [4.78, 5) is 38.7. The summed E-state index contributed by atoms with van der Waals surface area (Å²) >= 11 is 27.8. The SMILES string of the molecule is O=C(NC1CCN(c2nccc3cc(Br)ccc23)CC1)c1cccc(Cl)c1Cl.O=C(NC1CCN(c2nccc3cc(F)ccc23)CC1)c1cccc(Cl)c1Cl. The normalized spacial score (nSPS) is 15.0. The Kier molecular flexibility index (Phi) is 12.8. The van der Waals surface area contributed by atoms with Gasteiger partial charge in [-0.2, -0.15) is 0 Å². The van der Waals surface area contributed by atoms with Crippen LogP contribution in [0.25, 0.3) is 21.5 Å². The topological polar surface area (TPSA) is 90.5 Å². The summed E-state index contributed by atoms with van der Waals surface area (Å²) in [7, 11) is 0. The molecule has 2 fully saturated rings. The minimum atomic E-state index is -0.259. The van der Waals surface area contributed by atoms with E-state index in [0.29, 0.717) is 26.2 Å². The number of anilines is 2. The highest BCUT2D eigenvalue weighted by Gasteiger charge is 2.26. The van der Waals surface area contributed by atoms with Crippen LogP contribution in [0.5, 0.6) is 0 Å². The lowest BCUT2D eigenvalue weighted by Crippen LogP contribution is -2.45. The van der Waals surface area contributed by atoms with E-state index < -0.39 is 0 Å². The van der Waals surface area contributed by atoms with Crippen molar-refractivity contribution >= 4 is 107 Å². The van der Waals surface area contributed by atoms with Crippen molar-refractivity contribution in [1.82, 2.24) is 20.6 Å². The van der Waals surface area contributed by atoms with Crippen LogP contribution in [0.1, 0.15) is 46.4 Å². The summed E-state index contributed by atoms with van der Waals surface area (Å²) in [5.74, 6) is 1.18. The van der Waals surface area contributed by atoms with Gasteiger partial charge in [0.15, 0.2) is 0 Å². The molecule has 2 amide bonds. The fourth-order valence-electron chi connectivity index (χ4n) is 7.13. The molecule has 2 N–H and O–H groups in total. The molecule has 0 aliphatic carbocycles. The van der Waals surface area contributed by atoms with Crippen LogP contribution in [0.15, 0.2) is 102 Å². The Morgan fingerprint density at radius 1 is 0.625 bits per heavy atom. The molecule has 2 aromatic heterocycles. The second kappa shape index (κ2) is 17.9. The molecule has 0 atom stereocenters. The molecule has 6 aromatic rings. The predicted molar refractivity (Wildman–Crippen MR) is 229 cm³/mol. The summed E-state index contributed by atoms with van der Waals surface area (Å²) in [6, 6.07) is 25.1. The molecule has 8 nitrogen and oxygen atoms in total. The molecular formula is C42H36BrCl4FN6O2. The molecule has 0 spiro atoms. The quantitative estimate of drug-likeness (QED) is 0.173. The number of carbonyl (C=O) groups is 2. The number of aromatic nitrogens is 2. The fourth-order valence-corrected chi connectivity index (χ4v) is 8.28. The van der Waals surface area contributed by atoms with E-state index in [2.05, 4.69) is 58.5 Å². The number of carbonyl (C=O) groups excluding carboxylic acids is 2. The molecule has 0 unspecified atom stereocenters. The average Bonchev–Trinajstić information content (AvgIpc) is 3.20. The minimum absolute atomic E-state index is 0.0474. The molecule has 4 aromatic carbocycles. The predicted octanol–water partition coefficient (Wildman–Crippen LogP) is 10.8. The zero-order valence-electron chi connectivity index (χ0n) is 29.9. The first-order chi connectivity index (χ1) is 27.0. The van der Waals surface area contributed by atoms with Gasteiger partial charge in [-0.3, -0.25) is 9.59 Å². The van der Waals surface area contributed by atoms with Gasteiger partial charge in [-0.25, -0.2) is 14.4 Å². The molecule has 2 aliphatic rings. The van der Waals surface area contributed by atoms with E-state index in [1.165, 1.54) is 12.1 Å². The number of nitrogens with one attached hydrogen (secondary N) is 2. The number of benzene rings is 4. The lowest BCUT2D eigenvalue weighted by Gasteiger charge is -2.33. The Morgan fingerprint density at radius 3 is 1.55 bits per heavy atom. The monoisotopic (exact) mass is 894 g/mol. The van der Waals surface area contributed by atoms with E-state index >= 15 is 0 Å². The summed E-state index contributed by atoms with van der Waals surface area (Å²) in [6.07, 6.45) is 6.80. The Morgan fingerprint density at radius 2 is 1.07 bits per heavy atom. The molecular weight excluding hydrogens is 861 g/mol. The van der Waals surface area contributed by atoms with Crippen LogP contribution in [-0.2, 0) is 0 Å². The fraction of sp³-hybridized carbons (Fsp3) is 0.238. The number of fused-ring (bicyclic) bond motifs is 2. The second-order valence-electron chi connectivity index (χ2n) is 13.7. The van der Waals surface area contributed by atoms with Gasteiger partial charge in [-0.05, 0) is 109 Å². The van der Waals surface area contributed by atoms with E-state index in [4.69, 9.17) is 46.4 Å². The van der Waals surface area contributed by atoms with Crippen molar-refractivity contribution in [2.45, 2.75) is 37.8 Å². The Labute approximate surface area is 352 Å². The van der Waals surface area contributed by atoms with Gasteiger partial charge in [0.05, 0.1) is 31.2 Å². The Bertz CT molecular complexity index is 2240. The van der Waals surface area contributed by atoms with Crippen molar-refractivity contribution in [3.05, 3.63) is 139 Å². The maximum atomic E-state index is 13.5. The first-order valence-corrected chi connectivity index (χ1v) is 20.4. The number of halogens is 6. The number of amides is 2. The Balaban J connectivity index is 0.000000172. The molecule has 0 radical (unpaired) electrons. The van der Waals surface area contributed by atoms with E-state index in [9.17, 15) is 14.0 Å². The first-order valence-electron chi connectivity index (χ1n) is 18.1. The zero-order chi connectivity index (χ0) is 39.3. The van der Waals surface area contributed by atoms with Crippen LogP contribution < -0.4 is 20.4 Å². The van der Waals surface area contributed by atoms with Gasteiger partial charge in [-0.15, -0.1) is 0 Å². The highest BCUT2D eigenvalue weighted by atomic mass is 79.9. The van der Waals surface area contributed by atoms with Crippen LogP contribution in [0.4, 0.5) is 16.0 Å². The van der Waals surface area contributed by atoms with E-state index in [1.807, 2.05) is 24.4 Å². The molecule has 56 heavy (non-hydrogen) atoms. The third-order valence-electron chi connectivity index (χ3n) is 10.1. The summed E-state index contributed by atoms with van der Waals surface area (Å²) in [5.41, 5.74) is 0.798. The van der Waals surface area contributed by atoms with Crippen LogP contribution in [0, 0.1) is 5.82 Å². The van der Waals surface area contributed by atoms with Crippen molar-refractivity contribution in [3.63, 3.8) is 0 Å². The third kappa shape index (κ3) is 9.16. The van der Waals surface area contributed by atoms with Gasteiger partial charge in [0, 0.05) is 65.9 Å². The molecule has 0 bridgehead atoms. The number of hydrogen-bond acceptors (Lipinski definition) is 6.